The quantitative estimate of drug-likeness (QED) is 0.715. The molecule has 0 aromatic rings. The van der Waals surface area contributed by atoms with E-state index in [-0.39, 0.29) is 11.9 Å². The second-order valence-corrected chi connectivity index (χ2v) is 5.71. The van der Waals surface area contributed by atoms with Gasteiger partial charge in [0.2, 0.25) is 5.91 Å². The summed E-state index contributed by atoms with van der Waals surface area (Å²) in [7, 11) is 0. The van der Waals surface area contributed by atoms with Gasteiger partial charge in [0.15, 0.2) is 0 Å². The van der Waals surface area contributed by atoms with Crippen molar-refractivity contribution < 1.29 is 9.53 Å². The van der Waals surface area contributed by atoms with Crippen LogP contribution in [0.25, 0.3) is 0 Å². The van der Waals surface area contributed by atoms with Gasteiger partial charge in [-0.2, -0.15) is 0 Å². The molecule has 1 amide bonds. The average Bonchev–Trinajstić information content (AvgIpc) is 3.21. The first-order valence-electron chi connectivity index (χ1n) is 6.94. The Morgan fingerprint density at radius 2 is 2.00 bits per heavy atom. The topological polar surface area (TPSA) is 50.4 Å². The Hall–Kier alpha value is -0.610. The molecule has 0 aromatic heterocycles. The van der Waals surface area contributed by atoms with Crippen LogP contribution in [0.1, 0.15) is 32.1 Å². The molecule has 1 heterocycles. The molecule has 4 heteroatoms. The summed E-state index contributed by atoms with van der Waals surface area (Å²) in [4.78, 5) is 11.8. The summed E-state index contributed by atoms with van der Waals surface area (Å²) in [6, 6.07) is 0.262. The molecule has 2 unspecified atom stereocenters. The van der Waals surface area contributed by atoms with Gasteiger partial charge in [0, 0.05) is 6.61 Å². The third kappa shape index (κ3) is 3.19. The SMILES string of the molecule is O=C(CNCC1CC1)NC1CCOC1C1CC1. The van der Waals surface area contributed by atoms with Gasteiger partial charge in [0.1, 0.15) is 0 Å². The molecule has 1 aliphatic heterocycles. The molecular weight excluding hydrogens is 216 g/mol. The summed E-state index contributed by atoms with van der Waals surface area (Å²) in [5, 5.41) is 6.35. The molecule has 17 heavy (non-hydrogen) atoms. The zero-order valence-electron chi connectivity index (χ0n) is 10.3. The highest BCUT2D eigenvalue weighted by atomic mass is 16.5. The Morgan fingerprint density at radius 1 is 1.18 bits per heavy atom. The van der Waals surface area contributed by atoms with Crippen molar-refractivity contribution in [2.75, 3.05) is 19.7 Å². The van der Waals surface area contributed by atoms with Gasteiger partial charge in [-0.05, 0) is 50.5 Å². The molecule has 96 valence electrons. The van der Waals surface area contributed by atoms with Crippen molar-refractivity contribution in [2.24, 2.45) is 11.8 Å². The van der Waals surface area contributed by atoms with E-state index in [2.05, 4.69) is 10.6 Å². The van der Waals surface area contributed by atoms with E-state index in [1.807, 2.05) is 0 Å². The average molecular weight is 238 g/mol. The molecule has 0 aromatic carbocycles. The summed E-state index contributed by atoms with van der Waals surface area (Å²) in [5.74, 6) is 1.67. The second kappa shape index (κ2) is 4.94. The van der Waals surface area contributed by atoms with E-state index in [1.165, 1.54) is 25.7 Å². The maximum absolute atomic E-state index is 11.8. The monoisotopic (exact) mass is 238 g/mol. The van der Waals surface area contributed by atoms with Gasteiger partial charge in [-0.15, -0.1) is 0 Å². The fraction of sp³-hybridized carbons (Fsp3) is 0.923. The van der Waals surface area contributed by atoms with Crippen LogP contribution < -0.4 is 10.6 Å². The van der Waals surface area contributed by atoms with Crippen LogP contribution in [0.15, 0.2) is 0 Å². The van der Waals surface area contributed by atoms with Gasteiger partial charge < -0.3 is 15.4 Å². The van der Waals surface area contributed by atoms with E-state index in [4.69, 9.17) is 4.74 Å². The number of carbonyl (C=O) groups is 1. The summed E-state index contributed by atoms with van der Waals surface area (Å²) in [5.41, 5.74) is 0. The Labute approximate surface area is 102 Å². The van der Waals surface area contributed by atoms with Crippen LogP contribution >= 0.6 is 0 Å². The molecule has 3 fully saturated rings. The predicted molar refractivity (Wildman–Crippen MR) is 64.6 cm³/mol. The first kappa shape index (κ1) is 11.5. The highest BCUT2D eigenvalue weighted by Gasteiger charge is 2.41. The number of nitrogens with one attached hydrogen (secondary N) is 2. The summed E-state index contributed by atoms with van der Waals surface area (Å²) >= 11 is 0. The molecule has 0 bridgehead atoms. The highest BCUT2D eigenvalue weighted by molar-refractivity contribution is 5.78. The molecule has 3 rings (SSSR count). The van der Waals surface area contributed by atoms with Crippen LogP contribution in [-0.2, 0) is 9.53 Å². The van der Waals surface area contributed by atoms with Crippen molar-refractivity contribution in [3.05, 3.63) is 0 Å². The van der Waals surface area contributed by atoms with E-state index in [9.17, 15) is 4.79 Å². The van der Waals surface area contributed by atoms with Crippen molar-refractivity contribution in [1.82, 2.24) is 10.6 Å². The van der Waals surface area contributed by atoms with E-state index in [1.54, 1.807) is 0 Å². The van der Waals surface area contributed by atoms with Crippen molar-refractivity contribution in [1.29, 1.82) is 0 Å². The fourth-order valence-electron chi connectivity index (χ4n) is 2.62. The lowest BCUT2D eigenvalue weighted by molar-refractivity contribution is -0.121. The molecular formula is C13H22N2O2. The summed E-state index contributed by atoms with van der Waals surface area (Å²) in [6.07, 6.45) is 6.48. The first-order chi connectivity index (χ1) is 8.33. The Balaban J connectivity index is 1.37. The fourth-order valence-corrected chi connectivity index (χ4v) is 2.62. The van der Waals surface area contributed by atoms with Crippen molar-refractivity contribution >= 4 is 5.91 Å². The van der Waals surface area contributed by atoms with Gasteiger partial charge in [0.25, 0.3) is 0 Å². The normalized spacial score (nSPS) is 32.7. The maximum atomic E-state index is 11.8. The highest BCUT2D eigenvalue weighted by Crippen LogP contribution is 2.38. The van der Waals surface area contributed by atoms with E-state index < -0.39 is 0 Å². The summed E-state index contributed by atoms with van der Waals surface area (Å²) in [6.45, 7) is 2.27. The number of amides is 1. The lowest BCUT2D eigenvalue weighted by Crippen LogP contribution is -2.45. The van der Waals surface area contributed by atoms with Crippen LogP contribution in [0.5, 0.6) is 0 Å². The van der Waals surface area contributed by atoms with Crippen molar-refractivity contribution in [2.45, 2.75) is 44.2 Å². The minimum absolute atomic E-state index is 0.131. The Bertz CT molecular complexity index is 287. The van der Waals surface area contributed by atoms with Gasteiger partial charge in [0.05, 0.1) is 18.7 Å². The molecule has 0 spiro atoms. The molecule has 3 aliphatic rings. The minimum atomic E-state index is 0.131. The van der Waals surface area contributed by atoms with Crippen molar-refractivity contribution in [3.8, 4) is 0 Å². The lowest BCUT2D eigenvalue weighted by atomic mass is 10.1. The molecule has 2 saturated carbocycles. The minimum Gasteiger partial charge on any atom is -0.376 e. The maximum Gasteiger partial charge on any atom is 0.234 e. The zero-order chi connectivity index (χ0) is 11.7. The molecule has 4 nitrogen and oxygen atoms in total. The van der Waals surface area contributed by atoms with Crippen LogP contribution in [0.2, 0.25) is 0 Å². The summed E-state index contributed by atoms with van der Waals surface area (Å²) < 4.78 is 5.71. The second-order valence-electron chi connectivity index (χ2n) is 5.71. The molecule has 2 N–H and O–H groups in total. The van der Waals surface area contributed by atoms with Gasteiger partial charge in [-0.25, -0.2) is 0 Å². The molecule has 0 radical (unpaired) electrons. The predicted octanol–water partition coefficient (Wildman–Crippen LogP) is 0.670. The van der Waals surface area contributed by atoms with E-state index in [0.717, 1.165) is 25.5 Å². The molecule has 1 saturated heterocycles. The third-order valence-electron chi connectivity index (χ3n) is 3.98. The van der Waals surface area contributed by atoms with Gasteiger partial charge in [-0.1, -0.05) is 0 Å². The standard InChI is InChI=1S/C13H22N2O2/c16-12(8-14-7-9-1-2-9)15-11-5-6-17-13(11)10-3-4-10/h9-11,13-14H,1-8H2,(H,15,16). The van der Waals surface area contributed by atoms with Crippen molar-refractivity contribution in [3.63, 3.8) is 0 Å². The number of rotatable bonds is 6. The number of carbonyl (C=O) groups excluding carboxylic acids is 1. The van der Waals surface area contributed by atoms with Crippen LogP contribution in [0, 0.1) is 11.8 Å². The van der Waals surface area contributed by atoms with Crippen LogP contribution in [-0.4, -0.2) is 37.7 Å². The van der Waals surface area contributed by atoms with E-state index >= 15 is 0 Å². The van der Waals surface area contributed by atoms with Gasteiger partial charge in [-0.3, -0.25) is 4.79 Å². The lowest BCUT2D eigenvalue weighted by Gasteiger charge is -2.19. The molecule has 2 aliphatic carbocycles. The Kier molecular flexibility index (Phi) is 3.34. The number of hydrogen-bond donors (Lipinski definition) is 2. The Morgan fingerprint density at radius 3 is 2.71 bits per heavy atom. The molecule has 2 atom stereocenters. The zero-order valence-corrected chi connectivity index (χ0v) is 10.3. The first-order valence-corrected chi connectivity index (χ1v) is 6.94. The van der Waals surface area contributed by atoms with Crippen LogP contribution in [0.4, 0.5) is 0 Å². The smallest absolute Gasteiger partial charge is 0.234 e. The largest absolute Gasteiger partial charge is 0.376 e. The van der Waals surface area contributed by atoms with Gasteiger partial charge >= 0.3 is 0 Å². The number of hydrogen-bond acceptors (Lipinski definition) is 3. The third-order valence-corrected chi connectivity index (χ3v) is 3.98. The van der Waals surface area contributed by atoms with E-state index in [0.29, 0.717) is 18.6 Å². The number of ether oxygens (including phenoxy) is 1. The van der Waals surface area contributed by atoms with Crippen LogP contribution in [0.3, 0.4) is 0 Å².